The van der Waals surface area contributed by atoms with Gasteiger partial charge < -0.3 is 14.6 Å². The third-order valence-electron chi connectivity index (χ3n) is 5.45. The average Bonchev–Trinajstić information content (AvgIpc) is 2.81. The van der Waals surface area contributed by atoms with Crippen LogP contribution in [0.4, 0.5) is 0 Å². The summed E-state index contributed by atoms with van der Waals surface area (Å²) < 4.78 is 11.2. The van der Waals surface area contributed by atoms with Crippen molar-refractivity contribution in [1.29, 1.82) is 0 Å². The third-order valence-corrected chi connectivity index (χ3v) is 5.79. The summed E-state index contributed by atoms with van der Waals surface area (Å²) in [5.74, 6) is 1.45. The van der Waals surface area contributed by atoms with Crippen molar-refractivity contribution in [2.75, 3.05) is 13.2 Å². The van der Waals surface area contributed by atoms with E-state index in [2.05, 4.69) is 5.32 Å². The molecule has 166 valence electrons. The van der Waals surface area contributed by atoms with Crippen molar-refractivity contribution in [3.05, 3.63) is 88.4 Å². The van der Waals surface area contributed by atoms with Crippen molar-refractivity contribution in [3.8, 4) is 17.2 Å². The highest BCUT2D eigenvalue weighted by atomic mass is 35.5. The first kappa shape index (κ1) is 22.2. The Bertz CT molecular complexity index is 1100. The van der Waals surface area contributed by atoms with Gasteiger partial charge in [0.05, 0.1) is 13.2 Å². The van der Waals surface area contributed by atoms with Crippen molar-refractivity contribution < 1.29 is 14.6 Å². The van der Waals surface area contributed by atoms with Crippen molar-refractivity contribution >= 4 is 17.3 Å². The number of ether oxygens (including phenoxy) is 2. The first-order chi connectivity index (χ1) is 15.6. The first-order valence-electron chi connectivity index (χ1n) is 10.9. The summed E-state index contributed by atoms with van der Waals surface area (Å²) in [7, 11) is 0. The molecule has 1 aliphatic rings. The van der Waals surface area contributed by atoms with Gasteiger partial charge in [-0.1, -0.05) is 41.9 Å². The molecule has 0 bridgehead atoms. The smallest absolute Gasteiger partial charge is 0.162 e. The van der Waals surface area contributed by atoms with E-state index in [-0.39, 0.29) is 18.0 Å². The molecular weight excluding hydrogens is 424 g/mol. The molecule has 0 radical (unpaired) electrons. The summed E-state index contributed by atoms with van der Waals surface area (Å²) in [6.07, 6.45) is 0.261. The van der Waals surface area contributed by atoms with E-state index in [1.807, 2.05) is 74.5 Å². The molecule has 1 heterocycles. The van der Waals surface area contributed by atoms with Gasteiger partial charge in [0.25, 0.3) is 0 Å². The van der Waals surface area contributed by atoms with Crippen LogP contribution in [0.15, 0.2) is 71.7 Å². The van der Waals surface area contributed by atoms with Gasteiger partial charge in [0.1, 0.15) is 11.9 Å². The molecule has 5 nitrogen and oxygen atoms in total. The van der Waals surface area contributed by atoms with Crippen LogP contribution in [-0.4, -0.2) is 24.0 Å². The zero-order valence-corrected chi connectivity index (χ0v) is 19.0. The fourth-order valence-corrected chi connectivity index (χ4v) is 4.18. The van der Waals surface area contributed by atoms with E-state index < -0.39 is 0 Å². The Balaban J connectivity index is 1.74. The van der Waals surface area contributed by atoms with Crippen LogP contribution in [0.25, 0.3) is 0 Å². The summed E-state index contributed by atoms with van der Waals surface area (Å²) in [4.78, 5) is 4.99. The van der Waals surface area contributed by atoms with Gasteiger partial charge >= 0.3 is 0 Å². The second-order valence-electron chi connectivity index (χ2n) is 7.51. The minimum atomic E-state index is -0.348. The lowest BCUT2D eigenvalue weighted by molar-refractivity contribution is 0.313. The van der Waals surface area contributed by atoms with Crippen LogP contribution in [0, 0.1) is 0 Å². The van der Waals surface area contributed by atoms with Crippen LogP contribution in [0.3, 0.4) is 0 Å². The van der Waals surface area contributed by atoms with Crippen LogP contribution in [-0.2, 0) is 0 Å². The number of nitrogens with one attached hydrogen (secondary N) is 1. The molecule has 0 spiro atoms. The van der Waals surface area contributed by atoms with Crippen molar-refractivity contribution in [2.24, 2.45) is 4.99 Å². The van der Waals surface area contributed by atoms with Crippen molar-refractivity contribution in [1.82, 2.24) is 5.32 Å². The third kappa shape index (κ3) is 4.74. The number of aromatic hydroxyl groups is 1. The van der Waals surface area contributed by atoms with Gasteiger partial charge in [-0.05, 0) is 55.8 Å². The number of nitrogens with zero attached hydrogens (tertiary/aromatic N) is 1. The van der Waals surface area contributed by atoms with Gasteiger partial charge in [0.15, 0.2) is 11.5 Å². The van der Waals surface area contributed by atoms with Crippen LogP contribution in [0.2, 0.25) is 5.02 Å². The zero-order valence-electron chi connectivity index (χ0n) is 18.2. The van der Waals surface area contributed by atoms with Gasteiger partial charge in [-0.25, -0.2) is 0 Å². The lowest BCUT2D eigenvalue weighted by atomic mass is 9.93. The van der Waals surface area contributed by atoms with Crippen LogP contribution >= 0.6 is 11.6 Å². The Morgan fingerprint density at radius 1 is 0.938 bits per heavy atom. The predicted octanol–water partition coefficient (Wildman–Crippen LogP) is 6.07. The summed E-state index contributed by atoms with van der Waals surface area (Å²) in [5, 5.41) is 15.1. The van der Waals surface area contributed by atoms with Gasteiger partial charge in [0.2, 0.25) is 0 Å². The molecule has 2 atom stereocenters. The minimum absolute atomic E-state index is 0.151. The first-order valence-corrected chi connectivity index (χ1v) is 11.2. The number of hydrogen-bond acceptors (Lipinski definition) is 5. The molecule has 32 heavy (non-hydrogen) atoms. The average molecular weight is 451 g/mol. The largest absolute Gasteiger partial charge is 0.504 e. The number of rotatable bonds is 7. The summed E-state index contributed by atoms with van der Waals surface area (Å²) in [5.41, 5.74) is 3.61. The standard InChI is InChI=1S/C26H27ClN2O3/c1-3-31-18-14-12-17(13-15-18)22-16-23(20-9-7-11-24(25(20)30)32-4-2)29-26(28-22)19-8-5-6-10-21(19)27/h5-15,23,26,29-30H,3-4,16H2,1-2H3/t23-,26+/m1/s1. The van der Waals surface area contributed by atoms with Crippen LogP contribution in [0.1, 0.15) is 49.2 Å². The SMILES string of the molecule is CCOc1ccc(C2=N[C@H](c3ccccc3Cl)N[C@@H](c3cccc(OCC)c3O)C2)cc1. The summed E-state index contributed by atoms with van der Waals surface area (Å²) in [6, 6.07) is 21.1. The predicted molar refractivity (Wildman–Crippen MR) is 128 cm³/mol. The van der Waals surface area contributed by atoms with E-state index in [0.29, 0.717) is 30.4 Å². The van der Waals surface area contributed by atoms with E-state index in [0.717, 1.165) is 28.2 Å². The van der Waals surface area contributed by atoms with Crippen molar-refractivity contribution in [2.45, 2.75) is 32.5 Å². The fourth-order valence-electron chi connectivity index (χ4n) is 3.94. The number of phenolic OH excluding ortho intramolecular Hbond substituents is 1. The molecule has 6 heteroatoms. The van der Waals surface area contributed by atoms with E-state index >= 15 is 0 Å². The van der Waals surface area contributed by atoms with Gasteiger partial charge in [-0.3, -0.25) is 10.3 Å². The molecule has 0 aromatic heterocycles. The van der Waals surface area contributed by atoms with E-state index in [9.17, 15) is 5.11 Å². The molecular formula is C26H27ClN2O3. The Hall–Kier alpha value is -3.02. The van der Waals surface area contributed by atoms with E-state index in [1.54, 1.807) is 6.07 Å². The summed E-state index contributed by atoms with van der Waals surface area (Å²) in [6.45, 7) is 4.97. The van der Waals surface area contributed by atoms with Crippen LogP contribution < -0.4 is 14.8 Å². The van der Waals surface area contributed by atoms with Gasteiger partial charge in [-0.15, -0.1) is 0 Å². The highest BCUT2D eigenvalue weighted by Gasteiger charge is 2.29. The summed E-state index contributed by atoms with van der Waals surface area (Å²) >= 11 is 6.50. The molecule has 0 amide bonds. The number of para-hydroxylation sites is 1. The quantitative estimate of drug-likeness (QED) is 0.459. The Kier molecular flexibility index (Phi) is 6.98. The van der Waals surface area contributed by atoms with E-state index in [1.165, 1.54) is 0 Å². The Morgan fingerprint density at radius 2 is 1.66 bits per heavy atom. The number of halogens is 1. The molecule has 2 N–H and O–H groups in total. The highest BCUT2D eigenvalue weighted by Crippen LogP contribution is 2.39. The number of aliphatic imine (C=N–C) groups is 1. The van der Waals surface area contributed by atoms with E-state index in [4.69, 9.17) is 26.1 Å². The molecule has 4 rings (SSSR count). The molecule has 0 saturated heterocycles. The second-order valence-corrected chi connectivity index (χ2v) is 7.91. The maximum atomic E-state index is 10.9. The lowest BCUT2D eigenvalue weighted by Gasteiger charge is -2.31. The Labute approximate surface area is 193 Å². The molecule has 3 aromatic rings. The topological polar surface area (TPSA) is 63.1 Å². The van der Waals surface area contributed by atoms with Gasteiger partial charge in [0, 0.05) is 34.3 Å². The van der Waals surface area contributed by atoms with Crippen molar-refractivity contribution in [3.63, 3.8) is 0 Å². The van der Waals surface area contributed by atoms with Gasteiger partial charge in [-0.2, -0.15) is 0 Å². The maximum absolute atomic E-state index is 10.9. The highest BCUT2D eigenvalue weighted by molar-refractivity contribution is 6.31. The zero-order chi connectivity index (χ0) is 22.5. The molecule has 0 unspecified atom stereocenters. The second kappa shape index (κ2) is 10.1. The maximum Gasteiger partial charge on any atom is 0.162 e. The molecule has 0 saturated carbocycles. The molecule has 0 aliphatic carbocycles. The molecule has 1 aliphatic heterocycles. The lowest BCUT2D eigenvalue weighted by Crippen LogP contribution is -2.33. The normalized spacial score (nSPS) is 18.2. The number of hydrogen-bond donors (Lipinski definition) is 2. The minimum Gasteiger partial charge on any atom is -0.504 e. The number of benzene rings is 3. The fraction of sp³-hybridized carbons (Fsp3) is 0.269. The van der Waals surface area contributed by atoms with Crippen LogP contribution in [0.5, 0.6) is 17.2 Å². The monoisotopic (exact) mass is 450 g/mol. The molecule has 0 fully saturated rings. The number of phenols is 1. The molecule has 3 aromatic carbocycles. The Morgan fingerprint density at radius 3 is 2.38 bits per heavy atom.